The molecule has 0 radical (unpaired) electrons. The first kappa shape index (κ1) is 13.8. The number of aromatic nitrogens is 3. The van der Waals surface area contributed by atoms with Crippen LogP contribution in [0.15, 0.2) is 41.8 Å². The average Bonchev–Trinajstić information content (AvgIpc) is 2.90. The van der Waals surface area contributed by atoms with E-state index in [2.05, 4.69) is 15.0 Å². The number of hydrogen-bond acceptors (Lipinski definition) is 5. The van der Waals surface area contributed by atoms with E-state index >= 15 is 0 Å². The lowest BCUT2D eigenvalue weighted by Crippen LogP contribution is -2.25. The van der Waals surface area contributed by atoms with Crippen molar-refractivity contribution in [3.8, 4) is 11.3 Å². The van der Waals surface area contributed by atoms with Crippen molar-refractivity contribution >= 4 is 17.1 Å². The summed E-state index contributed by atoms with van der Waals surface area (Å²) in [6.45, 7) is 2.46. The number of fused-ring (bicyclic) bond motifs is 2. The summed E-state index contributed by atoms with van der Waals surface area (Å²) in [5, 5.41) is 0. The molecule has 0 bridgehead atoms. The Morgan fingerprint density at radius 2 is 2.17 bits per heavy atom. The third-order valence-electron chi connectivity index (χ3n) is 4.12. The van der Waals surface area contributed by atoms with Crippen molar-refractivity contribution in [1.82, 2.24) is 14.4 Å². The molecular formula is C17H15N5O. The van der Waals surface area contributed by atoms with E-state index in [-0.39, 0.29) is 12.3 Å². The first-order valence-corrected chi connectivity index (χ1v) is 7.39. The summed E-state index contributed by atoms with van der Waals surface area (Å²) in [7, 11) is 0. The Morgan fingerprint density at radius 3 is 3.00 bits per heavy atom. The summed E-state index contributed by atoms with van der Waals surface area (Å²) < 4.78 is 1.99. The van der Waals surface area contributed by atoms with Crippen LogP contribution in [0.25, 0.3) is 16.9 Å². The molecule has 0 aliphatic carbocycles. The molecule has 114 valence electrons. The zero-order valence-electron chi connectivity index (χ0n) is 12.7. The highest BCUT2D eigenvalue weighted by Crippen LogP contribution is 2.28. The van der Waals surface area contributed by atoms with E-state index in [0.717, 1.165) is 33.9 Å². The van der Waals surface area contributed by atoms with Crippen molar-refractivity contribution in [3.63, 3.8) is 0 Å². The normalized spacial score (nSPS) is 14.0. The highest BCUT2D eigenvalue weighted by molar-refractivity contribution is 6.16. The monoisotopic (exact) mass is 305 g/mol. The lowest BCUT2D eigenvalue weighted by atomic mass is 9.93. The number of aliphatic imine (C=N–C) groups is 1. The predicted octanol–water partition coefficient (Wildman–Crippen LogP) is 1.65. The number of hydrogen-bond donors (Lipinski definition) is 1. The molecule has 6 nitrogen and oxygen atoms in total. The van der Waals surface area contributed by atoms with Gasteiger partial charge in [0.15, 0.2) is 11.4 Å². The Kier molecular flexibility index (Phi) is 3.06. The van der Waals surface area contributed by atoms with Crippen LogP contribution >= 0.6 is 0 Å². The van der Waals surface area contributed by atoms with Gasteiger partial charge in [0.1, 0.15) is 6.54 Å². The van der Waals surface area contributed by atoms with Gasteiger partial charge in [-0.05, 0) is 19.1 Å². The van der Waals surface area contributed by atoms with Gasteiger partial charge in [-0.2, -0.15) is 0 Å². The van der Waals surface area contributed by atoms with Gasteiger partial charge in [0.2, 0.25) is 0 Å². The highest BCUT2D eigenvalue weighted by atomic mass is 16.1. The maximum Gasteiger partial charge on any atom is 0.184 e. The smallest absolute Gasteiger partial charge is 0.184 e. The van der Waals surface area contributed by atoms with Crippen LogP contribution in [-0.4, -0.2) is 39.0 Å². The molecule has 3 aromatic rings. The molecule has 2 aromatic heterocycles. The van der Waals surface area contributed by atoms with E-state index in [1.165, 1.54) is 0 Å². The molecular weight excluding hydrogens is 290 g/mol. The lowest BCUT2D eigenvalue weighted by molar-refractivity contribution is 0.1000. The predicted molar refractivity (Wildman–Crippen MR) is 87.9 cm³/mol. The molecule has 1 aliphatic heterocycles. The maximum absolute atomic E-state index is 12.1. The molecule has 0 saturated carbocycles. The minimum Gasteiger partial charge on any atom is -0.325 e. The van der Waals surface area contributed by atoms with E-state index in [1.54, 1.807) is 12.4 Å². The zero-order valence-corrected chi connectivity index (χ0v) is 12.7. The third-order valence-corrected chi connectivity index (χ3v) is 4.12. The van der Waals surface area contributed by atoms with Gasteiger partial charge < -0.3 is 5.73 Å². The number of rotatable bonds is 2. The molecule has 0 fully saturated rings. The second kappa shape index (κ2) is 5.10. The van der Waals surface area contributed by atoms with E-state index in [1.807, 2.05) is 35.7 Å². The number of benzene rings is 1. The van der Waals surface area contributed by atoms with Crippen LogP contribution in [-0.2, 0) is 0 Å². The van der Waals surface area contributed by atoms with Crippen LogP contribution in [0.4, 0.5) is 0 Å². The highest BCUT2D eigenvalue weighted by Gasteiger charge is 2.21. The van der Waals surface area contributed by atoms with Gasteiger partial charge in [-0.1, -0.05) is 6.07 Å². The largest absolute Gasteiger partial charge is 0.325 e. The number of aryl methyl sites for hydroxylation is 1. The molecule has 0 atom stereocenters. The van der Waals surface area contributed by atoms with Gasteiger partial charge in [0, 0.05) is 35.6 Å². The SMILES string of the molecule is Cc1nc2cnccn2c1-c1ccc2c(c1)C(CN)=NCC2=O. The molecule has 0 saturated heterocycles. The van der Waals surface area contributed by atoms with E-state index in [4.69, 9.17) is 5.73 Å². The van der Waals surface area contributed by atoms with Gasteiger partial charge in [0.05, 0.1) is 23.3 Å². The topological polar surface area (TPSA) is 85.6 Å². The Bertz CT molecular complexity index is 970. The number of imidazole rings is 1. The van der Waals surface area contributed by atoms with Crippen LogP contribution in [0.1, 0.15) is 21.6 Å². The molecule has 0 spiro atoms. The van der Waals surface area contributed by atoms with E-state index in [9.17, 15) is 4.79 Å². The fourth-order valence-corrected chi connectivity index (χ4v) is 3.06. The van der Waals surface area contributed by atoms with Gasteiger partial charge in [-0.15, -0.1) is 0 Å². The van der Waals surface area contributed by atoms with Crippen molar-refractivity contribution in [2.45, 2.75) is 6.92 Å². The molecule has 1 aliphatic rings. The maximum atomic E-state index is 12.1. The number of nitrogens with two attached hydrogens (primary N) is 1. The summed E-state index contributed by atoms with van der Waals surface area (Å²) in [6, 6.07) is 5.79. The minimum atomic E-state index is 0.0304. The van der Waals surface area contributed by atoms with Crippen LogP contribution in [0.2, 0.25) is 0 Å². The summed E-state index contributed by atoms with van der Waals surface area (Å²) >= 11 is 0. The minimum absolute atomic E-state index is 0.0304. The van der Waals surface area contributed by atoms with Crippen molar-refractivity contribution < 1.29 is 4.79 Å². The first-order chi connectivity index (χ1) is 11.2. The summed E-state index contributed by atoms with van der Waals surface area (Å²) in [5.74, 6) is 0.0304. The standard InChI is InChI=1S/C17H15N5O/c1-10-17(22-5-4-19-9-16(22)21-10)11-2-3-12-13(6-11)14(7-18)20-8-15(12)23/h2-6,9H,7-8,18H2,1H3. The molecule has 0 amide bonds. The lowest BCUT2D eigenvalue weighted by Gasteiger charge is -2.16. The second-order valence-corrected chi connectivity index (χ2v) is 5.50. The van der Waals surface area contributed by atoms with Gasteiger partial charge in [0.25, 0.3) is 0 Å². The summed E-state index contributed by atoms with van der Waals surface area (Å²) in [6.07, 6.45) is 5.34. The summed E-state index contributed by atoms with van der Waals surface area (Å²) in [4.78, 5) is 25.0. The fourth-order valence-electron chi connectivity index (χ4n) is 3.06. The molecule has 1 aromatic carbocycles. The van der Waals surface area contributed by atoms with Gasteiger partial charge in [-0.3, -0.25) is 19.2 Å². The fraction of sp³-hybridized carbons (Fsp3) is 0.176. The Labute approximate surface area is 132 Å². The number of carbonyl (C=O) groups excluding carboxylic acids is 1. The first-order valence-electron chi connectivity index (χ1n) is 7.39. The van der Waals surface area contributed by atoms with Gasteiger partial charge >= 0.3 is 0 Å². The molecule has 0 unspecified atom stereocenters. The molecule has 3 heterocycles. The second-order valence-electron chi connectivity index (χ2n) is 5.50. The van der Waals surface area contributed by atoms with Crippen molar-refractivity contribution in [3.05, 3.63) is 53.6 Å². The van der Waals surface area contributed by atoms with Crippen molar-refractivity contribution in [2.24, 2.45) is 10.7 Å². The molecule has 6 heteroatoms. The number of nitrogens with zero attached hydrogens (tertiary/aromatic N) is 4. The van der Waals surface area contributed by atoms with Crippen molar-refractivity contribution in [1.29, 1.82) is 0 Å². The zero-order chi connectivity index (χ0) is 16.0. The molecule has 23 heavy (non-hydrogen) atoms. The van der Waals surface area contributed by atoms with Crippen LogP contribution in [0.5, 0.6) is 0 Å². The van der Waals surface area contributed by atoms with Gasteiger partial charge in [-0.25, -0.2) is 4.98 Å². The number of carbonyl (C=O) groups is 1. The number of ketones is 1. The Balaban J connectivity index is 1.96. The van der Waals surface area contributed by atoms with Crippen LogP contribution < -0.4 is 5.73 Å². The third kappa shape index (κ3) is 2.07. The van der Waals surface area contributed by atoms with Crippen LogP contribution in [0, 0.1) is 6.92 Å². The molecule has 4 rings (SSSR count). The Hall–Kier alpha value is -2.86. The van der Waals surface area contributed by atoms with Crippen molar-refractivity contribution in [2.75, 3.05) is 13.1 Å². The Morgan fingerprint density at radius 1 is 1.30 bits per heavy atom. The van der Waals surface area contributed by atoms with E-state index in [0.29, 0.717) is 12.1 Å². The quantitative estimate of drug-likeness (QED) is 0.780. The summed E-state index contributed by atoms with van der Waals surface area (Å²) in [5.41, 5.74) is 11.7. The number of Topliss-reactive ketones (excluding diaryl/α,β-unsaturated/α-hetero) is 1. The van der Waals surface area contributed by atoms with E-state index < -0.39 is 0 Å². The van der Waals surface area contributed by atoms with Crippen LogP contribution in [0.3, 0.4) is 0 Å². The average molecular weight is 305 g/mol. The molecule has 2 N–H and O–H groups in total.